The van der Waals surface area contributed by atoms with Crippen LogP contribution in [0.1, 0.15) is 61.5 Å². The van der Waals surface area contributed by atoms with Gasteiger partial charge in [-0.15, -0.1) is 11.3 Å². The maximum absolute atomic E-state index is 13.2. The molecular weight excluding hydrogens is 460 g/mol. The molecular formula is C27H36N4O3S. The standard InChI is InChI=1S/C27H36N4O3S/c1-2-3-10-23(26(33)28-21-8-6-9-22(19-21)30-14-4-5-15-30)29-25(32)20-12-16-31(17-13-20)27(34)24-11-7-18-35-24/h6-9,11,18-20,23H,2-5,10,12-17H2,1H3,(H,28,33)(H,29,32). The zero-order chi connectivity index (χ0) is 24.6. The lowest BCUT2D eigenvalue weighted by Crippen LogP contribution is -2.48. The summed E-state index contributed by atoms with van der Waals surface area (Å²) in [6, 6.07) is 11.1. The van der Waals surface area contributed by atoms with Gasteiger partial charge in [0.05, 0.1) is 4.88 Å². The molecule has 0 aliphatic carbocycles. The molecule has 2 saturated heterocycles. The fourth-order valence-corrected chi connectivity index (χ4v) is 5.54. The Morgan fingerprint density at radius 2 is 1.83 bits per heavy atom. The molecule has 4 rings (SSSR count). The summed E-state index contributed by atoms with van der Waals surface area (Å²) < 4.78 is 0. The Morgan fingerprint density at radius 1 is 1.06 bits per heavy atom. The molecule has 2 aliphatic heterocycles. The van der Waals surface area contributed by atoms with E-state index in [0.29, 0.717) is 32.4 Å². The second-order valence-corrected chi connectivity index (χ2v) is 10.4. The highest BCUT2D eigenvalue weighted by Gasteiger charge is 2.30. The van der Waals surface area contributed by atoms with E-state index < -0.39 is 6.04 Å². The van der Waals surface area contributed by atoms with E-state index in [-0.39, 0.29) is 23.6 Å². The SMILES string of the molecule is CCCCC(NC(=O)C1CCN(C(=O)c2cccs2)CC1)C(=O)Nc1cccc(N2CCCC2)c1. The van der Waals surface area contributed by atoms with Crippen molar-refractivity contribution in [3.63, 3.8) is 0 Å². The third-order valence-corrected chi connectivity index (χ3v) is 7.81. The van der Waals surface area contributed by atoms with E-state index in [1.807, 2.05) is 40.6 Å². The Hall–Kier alpha value is -2.87. The van der Waals surface area contributed by atoms with Crippen LogP contribution in [0.4, 0.5) is 11.4 Å². The van der Waals surface area contributed by atoms with Gasteiger partial charge in [-0.3, -0.25) is 14.4 Å². The van der Waals surface area contributed by atoms with E-state index in [9.17, 15) is 14.4 Å². The van der Waals surface area contributed by atoms with Crippen LogP contribution in [0.2, 0.25) is 0 Å². The van der Waals surface area contributed by atoms with Crippen LogP contribution in [-0.2, 0) is 9.59 Å². The minimum Gasteiger partial charge on any atom is -0.371 e. The van der Waals surface area contributed by atoms with Gasteiger partial charge in [0.25, 0.3) is 5.91 Å². The van der Waals surface area contributed by atoms with Crippen molar-refractivity contribution in [2.75, 3.05) is 36.4 Å². The van der Waals surface area contributed by atoms with Crippen molar-refractivity contribution in [1.82, 2.24) is 10.2 Å². The number of carbonyl (C=O) groups is 3. The predicted molar refractivity (Wildman–Crippen MR) is 141 cm³/mol. The minimum absolute atomic E-state index is 0.0372. The van der Waals surface area contributed by atoms with Crippen molar-refractivity contribution in [3.8, 4) is 0 Å². The topological polar surface area (TPSA) is 81.8 Å². The van der Waals surface area contributed by atoms with Crippen molar-refractivity contribution in [3.05, 3.63) is 46.7 Å². The highest BCUT2D eigenvalue weighted by Crippen LogP contribution is 2.24. The maximum Gasteiger partial charge on any atom is 0.263 e. The number of anilines is 2. The average molecular weight is 497 g/mol. The molecule has 7 nitrogen and oxygen atoms in total. The highest BCUT2D eigenvalue weighted by molar-refractivity contribution is 7.12. The van der Waals surface area contributed by atoms with Crippen LogP contribution in [0.5, 0.6) is 0 Å². The summed E-state index contributed by atoms with van der Waals surface area (Å²) in [6.07, 6.45) is 6.04. The lowest BCUT2D eigenvalue weighted by Gasteiger charge is -2.32. The van der Waals surface area contributed by atoms with Gasteiger partial charge in [0, 0.05) is 43.5 Å². The van der Waals surface area contributed by atoms with Gasteiger partial charge in [-0.25, -0.2) is 0 Å². The average Bonchev–Trinajstić information content (AvgIpc) is 3.61. The summed E-state index contributed by atoms with van der Waals surface area (Å²) in [5.41, 5.74) is 1.88. The summed E-state index contributed by atoms with van der Waals surface area (Å²) in [6.45, 7) is 5.29. The monoisotopic (exact) mass is 496 g/mol. The molecule has 1 atom stereocenters. The molecule has 0 bridgehead atoms. The van der Waals surface area contributed by atoms with Crippen LogP contribution in [-0.4, -0.2) is 54.8 Å². The van der Waals surface area contributed by atoms with Crippen molar-refractivity contribution < 1.29 is 14.4 Å². The van der Waals surface area contributed by atoms with E-state index >= 15 is 0 Å². The first-order valence-corrected chi connectivity index (χ1v) is 13.7. The molecule has 1 aromatic heterocycles. The summed E-state index contributed by atoms with van der Waals surface area (Å²) in [5, 5.41) is 7.95. The normalized spacial score (nSPS) is 17.3. The van der Waals surface area contributed by atoms with Gasteiger partial charge < -0.3 is 20.4 Å². The van der Waals surface area contributed by atoms with Crippen LogP contribution < -0.4 is 15.5 Å². The number of hydrogen-bond donors (Lipinski definition) is 2. The maximum atomic E-state index is 13.2. The Bertz CT molecular complexity index is 996. The molecule has 188 valence electrons. The molecule has 0 saturated carbocycles. The van der Waals surface area contributed by atoms with Crippen LogP contribution in [0.3, 0.4) is 0 Å². The van der Waals surface area contributed by atoms with Gasteiger partial charge in [0.15, 0.2) is 0 Å². The molecule has 2 fully saturated rings. The van der Waals surface area contributed by atoms with Crippen LogP contribution in [0, 0.1) is 5.92 Å². The Kier molecular flexibility index (Phi) is 8.79. The van der Waals surface area contributed by atoms with Gasteiger partial charge in [-0.2, -0.15) is 0 Å². The second-order valence-electron chi connectivity index (χ2n) is 9.48. The smallest absolute Gasteiger partial charge is 0.263 e. The van der Waals surface area contributed by atoms with E-state index in [1.165, 1.54) is 24.2 Å². The Labute approximate surface area is 211 Å². The van der Waals surface area contributed by atoms with Crippen molar-refractivity contribution in [2.24, 2.45) is 5.92 Å². The summed E-state index contributed by atoms with van der Waals surface area (Å²) >= 11 is 1.44. The number of nitrogens with one attached hydrogen (secondary N) is 2. The zero-order valence-corrected chi connectivity index (χ0v) is 21.3. The Morgan fingerprint density at radius 3 is 2.51 bits per heavy atom. The second kappa shape index (κ2) is 12.2. The van der Waals surface area contributed by atoms with Crippen LogP contribution >= 0.6 is 11.3 Å². The third-order valence-electron chi connectivity index (χ3n) is 6.95. The molecule has 2 aromatic rings. The molecule has 35 heavy (non-hydrogen) atoms. The molecule has 2 aliphatic rings. The number of benzene rings is 1. The number of hydrogen-bond acceptors (Lipinski definition) is 5. The van der Waals surface area contributed by atoms with E-state index in [1.54, 1.807) is 0 Å². The van der Waals surface area contributed by atoms with Crippen molar-refractivity contribution in [1.29, 1.82) is 0 Å². The van der Waals surface area contributed by atoms with Crippen molar-refractivity contribution in [2.45, 2.75) is 57.9 Å². The molecule has 3 heterocycles. The number of amides is 3. The summed E-state index contributed by atoms with van der Waals surface area (Å²) in [4.78, 5) is 43.7. The third kappa shape index (κ3) is 6.63. The fraction of sp³-hybridized carbons (Fsp3) is 0.519. The van der Waals surface area contributed by atoms with E-state index in [2.05, 4.69) is 28.5 Å². The highest BCUT2D eigenvalue weighted by atomic mass is 32.1. The predicted octanol–water partition coefficient (Wildman–Crippen LogP) is 4.51. The van der Waals surface area contributed by atoms with Crippen LogP contribution in [0.15, 0.2) is 41.8 Å². The first-order chi connectivity index (χ1) is 17.0. The van der Waals surface area contributed by atoms with Gasteiger partial charge >= 0.3 is 0 Å². The summed E-state index contributed by atoms with van der Waals surface area (Å²) in [7, 11) is 0. The number of likely N-dealkylation sites (tertiary alicyclic amines) is 1. The van der Waals surface area contributed by atoms with Crippen LogP contribution in [0.25, 0.3) is 0 Å². The quantitative estimate of drug-likeness (QED) is 0.535. The number of thiophene rings is 1. The number of piperidine rings is 1. The van der Waals surface area contributed by atoms with Gasteiger partial charge in [0.1, 0.15) is 6.04 Å². The van der Waals surface area contributed by atoms with Gasteiger partial charge in [0.2, 0.25) is 11.8 Å². The number of carbonyl (C=O) groups excluding carboxylic acids is 3. The molecule has 0 radical (unpaired) electrons. The molecule has 1 aromatic carbocycles. The molecule has 0 spiro atoms. The minimum atomic E-state index is -0.566. The lowest BCUT2D eigenvalue weighted by atomic mass is 9.95. The number of unbranched alkanes of at least 4 members (excludes halogenated alkanes) is 1. The number of rotatable bonds is 9. The molecule has 1 unspecified atom stereocenters. The van der Waals surface area contributed by atoms with E-state index in [0.717, 1.165) is 42.2 Å². The number of nitrogens with zero attached hydrogens (tertiary/aromatic N) is 2. The lowest BCUT2D eigenvalue weighted by molar-refractivity contribution is -0.130. The molecule has 2 N–H and O–H groups in total. The Balaban J connectivity index is 1.32. The molecule has 8 heteroatoms. The molecule has 3 amide bonds. The fourth-order valence-electron chi connectivity index (χ4n) is 4.85. The van der Waals surface area contributed by atoms with Gasteiger partial charge in [-0.05, 0) is 61.7 Å². The van der Waals surface area contributed by atoms with E-state index in [4.69, 9.17) is 0 Å². The first kappa shape index (κ1) is 25.2. The van der Waals surface area contributed by atoms with Crippen molar-refractivity contribution >= 4 is 40.4 Å². The zero-order valence-electron chi connectivity index (χ0n) is 20.5. The summed E-state index contributed by atoms with van der Waals surface area (Å²) in [5.74, 6) is -0.404. The first-order valence-electron chi connectivity index (χ1n) is 12.8. The van der Waals surface area contributed by atoms with Gasteiger partial charge in [-0.1, -0.05) is 31.9 Å². The largest absolute Gasteiger partial charge is 0.371 e.